The van der Waals surface area contributed by atoms with Crippen LogP contribution in [-0.2, 0) is 5.60 Å². The zero-order valence-electron chi connectivity index (χ0n) is 12.0. The Labute approximate surface area is 120 Å². The molecule has 1 N–H and O–H groups in total. The van der Waals surface area contributed by atoms with Crippen LogP contribution in [0.3, 0.4) is 0 Å². The zero-order valence-corrected chi connectivity index (χ0v) is 12.0. The van der Waals surface area contributed by atoms with E-state index in [1.54, 1.807) is 19.1 Å². The highest BCUT2D eigenvalue weighted by Crippen LogP contribution is 2.48. The molecule has 1 aromatic rings. The molecule has 1 aliphatic rings. The van der Waals surface area contributed by atoms with E-state index in [9.17, 15) is 14.8 Å². The lowest BCUT2D eigenvalue weighted by Gasteiger charge is -2.42. The number of nitriles is 1. The predicted molar refractivity (Wildman–Crippen MR) is 76.3 cm³/mol. The van der Waals surface area contributed by atoms with Crippen molar-refractivity contribution in [2.24, 2.45) is 5.41 Å². The standard InChI is InChI=1S/C17H22FNO/c1-16(20,14-8-7-9-15(18)12-14)17(13-19)10-5-3-2-4-6-11-17/h7-9,12,20H,2-6,10-11H2,1H3. The Morgan fingerprint density at radius 3 is 2.35 bits per heavy atom. The normalized spacial score (nSPS) is 22.1. The van der Waals surface area contributed by atoms with Gasteiger partial charge in [-0.05, 0) is 37.5 Å². The lowest BCUT2D eigenvalue weighted by Crippen LogP contribution is -2.43. The second-order valence-corrected chi connectivity index (χ2v) is 6.04. The highest BCUT2D eigenvalue weighted by atomic mass is 19.1. The van der Waals surface area contributed by atoms with Crippen LogP contribution < -0.4 is 0 Å². The number of hydrogen-bond donors (Lipinski definition) is 1. The largest absolute Gasteiger partial charge is 0.384 e. The predicted octanol–water partition coefficient (Wildman–Crippen LogP) is 4.29. The summed E-state index contributed by atoms with van der Waals surface area (Å²) in [5, 5.41) is 20.7. The third-order valence-electron chi connectivity index (χ3n) is 4.74. The first-order valence-electron chi connectivity index (χ1n) is 7.41. The molecule has 0 amide bonds. The molecule has 3 heteroatoms. The van der Waals surface area contributed by atoms with Gasteiger partial charge in [-0.3, -0.25) is 0 Å². The molecule has 1 aliphatic carbocycles. The maximum Gasteiger partial charge on any atom is 0.123 e. The molecule has 1 atom stereocenters. The third-order valence-corrected chi connectivity index (χ3v) is 4.74. The van der Waals surface area contributed by atoms with E-state index in [1.165, 1.54) is 18.6 Å². The zero-order chi connectivity index (χ0) is 14.6. The molecule has 0 spiro atoms. The van der Waals surface area contributed by atoms with Gasteiger partial charge in [-0.2, -0.15) is 5.26 Å². The van der Waals surface area contributed by atoms with Gasteiger partial charge in [-0.25, -0.2) is 4.39 Å². The van der Waals surface area contributed by atoms with Crippen molar-refractivity contribution in [2.45, 2.75) is 57.5 Å². The van der Waals surface area contributed by atoms with Crippen molar-refractivity contribution in [1.29, 1.82) is 5.26 Å². The summed E-state index contributed by atoms with van der Waals surface area (Å²) in [5.41, 5.74) is -1.64. The fourth-order valence-electron chi connectivity index (χ4n) is 3.28. The Morgan fingerprint density at radius 2 is 1.80 bits per heavy atom. The molecular formula is C17H22FNO. The van der Waals surface area contributed by atoms with Crippen molar-refractivity contribution in [3.05, 3.63) is 35.6 Å². The van der Waals surface area contributed by atoms with Crippen molar-refractivity contribution in [3.8, 4) is 6.07 Å². The van der Waals surface area contributed by atoms with Gasteiger partial charge in [-0.15, -0.1) is 0 Å². The van der Waals surface area contributed by atoms with Gasteiger partial charge in [0.2, 0.25) is 0 Å². The molecular weight excluding hydrogens is 253 g/mol. The molecule has 0 aromatic heterocycles. The highest BCUT2D eigenvalue weighted by molar-refractivity contribution is 5.28. The summed E-state index contributed by atoms with van der Waals surface area (Å²) in [7, 11) is 0. The van der Waals surface area contributed by atoms with Crippen molar-refractivity contribution < 1.29 is 9.50 Å². The number of rotatable bonds is 2. The first-order chi connectivity index (χ1) is 9.52. The van der Waals surface area contributed by atoms with Gasteiger partial charge < -0.3 is 5.11 Å². The molecule has 1 unspecified atom stereocenters. The lowest BCUT2D eigenvalue weighted by molar-refractivity contribution is -0.0584. The van der Waals surface area contributed by atoms with E-state index in [-0.39, 0.29) is 5.82 Å². The smallest absolute Gasteiger partial charge is 0.123 e. The number of benzene rings is 1. The average Bonchev–Trinajstić information content (AvgIpc) is 2.39. The molecule has 0 aliphatic heterocycles. The number of aliphatic hydroxyl groups is 1. The van der Waals surface area contributed by atoms with Gasteiger partial charge in [0, 0.05) is 0 Å². The van der Waals surface area contributed by atoms with E-state index in [1.807, 2.05) is 0 Å². The van der Waals surface area contributed by atoms with Crippen LogP contribution >= 0.6 is 0 Å². The Bertz CT molecular complexity index is 496. The SMILES string of the molecule is CC(O)(c1cccc(F)c1)C1(C#N)CCCCCCC1. The maximum absolute atomic E-state index is 13.4. The molecule has 0 saturated heterocycles. The molecule has 108 valence electrons. The quantitative estimate of drug-likeness (QED) is 0.875. The van der Waals surface area contributed by atoms with E-state index in [0.29, 0.717) is 18.4 Å². The molecule has 0 bridgehead atoms. The first kappa shape index (κ1) is 15.0. The minimum absolute atomic E-state index is 0.373. The average molecular weight is 275 g/mol. The summed E-state index contributed by atoms with van der Waals surface area (Å²) >= 11 is 0. The highest BCUT2D eigenvalue weighted by Gasteiger charge is 2.48. The van der Waals surface area contributed by atoms with Crippen molar-refractivity contribution in [3.63, 3.8) is 0 Å². The molecule has 0 radical (unpaired) electrons. The van der Waals surface area contributed by atoms with Crippen LogP contribution in [-0.4, -0.2) is 5.11 Å². The van der Waals surface area contributed by atoms with Crippen LogP contribution in [0.4, 0.5) is 4.39 Å². The Kier molecular flexibility index (Phi) is 4.45. The van der Waals surface area contributed by atoms with Gasteiger partial charge in [0.25, 0.3) is 0 Å². The van der Waals surface area contributed by atoms with E-state index in [2.05, 4.69) is 6.07 Å². The summed E-state index contributed by atoms with van der Waals surface area (Å²) < 4.78 is 13.4. The summed E-state index contributed by atoms with van der Waals surface area (Å²) in [5.74, 6) is -0.373. The maximum atomic E-state index is 13.4. The van der Waals surface area contributed by atoms with E-state index in [4.69, 9.17) is 0 Å². The Hall–Kier alpha value is -1.40. The van der Waals surface area contributed by atoms with Crippen LogP contribution in [0, 0.1) is 22.6 Å². The van der Waals surface area contributed by atoms with Crippen LogP contribution in [0.1, 0.15) is 57.4 Å². The number of halogens is 1. The van der Waals surface area contributed by atoms with Crippen LogP contribution in [0.25, 0.3) is 0 Å². The van der Waals surface area contributed by atoms with E-state index >= 15 is 0 Å². The lowest BCUT2D eigenvalue weighted by atomic mass is 9.64. The third kappa shape index (κ3) is 2.71. The van der Waals surface area contributed by atoms with Crippen molar-refractivity contribution in [1.82, 2.24) is 0 Å². The van der Waals surface area contributed by atoms with Gasteiger partial charge in [-0.1, -0.05) is 44.2 Å². The number of nitrogens with zero attached hydrogens (tertiary/aromatic N) is 1. The minimum Gasteiger partial charge on any atom is -0.384 e. The van der Waals surface area contributed by atoms with E-state index in [0.717, 1.165) is 25.7 Å². The molecule has 1 fully saturated rings. The van der Waals surface area contributed by atoms with Crippen LogP contribution in [0.2, 0.25) is 0 Å². The summed E-state index contributed by atoms with van der Waals surface area (Å²) in [6.07, 6.45) is 6.63. The second kappa shape index (κ2) is 5.93. The minimum atomic E-state index is -1.32. The Balaban J connectivity index is 2.39. The van der Waals surface area contributed by atoms with Gasteiger partial charge >= 0.3 is 0 Å². The fraction of sp³-hybridized carbons (Fsp3) is 0.588. The van der Waals surface area contributed by atoms with Crippen molar-refractivity contribution >= 4 is 0 Å². The molecule has 1 aromatic carbocycles. The topological polar surface area (TPSA) is 44.0 Å². The molecule has 2 nitrogen and oxygen atoms in total. The first-order valence-corrected chi connectivity index (χ1v) is 7.41. The molecule has 20 heavy (non-hydrogen) atoms. The van der Waals surface area contributed by atoms with Crippen LogP contribution in [0.5, 0.6) is 0 Å². The monoisotopic (exact) mass is 275 g/mol. The Morgan fingerprint density at radius 1 is 1.20 bits per heavy atom. The number of hydrogen-bond acceptors (Lipinski definition) is 2. The summed E-state index contributed by atoms with van der Waals surface area (Å²) in [4.78, 5) is 0. The van der Waals surface area contributed by atoms with Gasteiger partial charge in [0.05, 0.1) is 11.5 Å². The molecule has 0 heterocycles. The molecule has 2 rings (SSSR count). The molecule has 1 saturated carbocycles. The van der Waals surface area contributed by atoms with E-state index < -0.39 is 11.0 Å². The fourth-order valence-corrected chi connectivity index (χ4v) is 3.28. The summed E-state index contributed by atoms with van der Waals surface area (Å²) in [6, 6.07) is 8.37. The second-order valence-electron chi connectivity index (χ2n) is 6.04. The van der Waals surface area contributed by atoms with Gasteiger partial charge in [0.15, 0.2) is 0 Å². The van der Waals surface area contributed by atoms with Gasteiger partial charge in [0.1, 0.15) is 11.4 Å². The summed E-state index contributed by atoms with van der Waals surface area (Å²) in [6.45, 7) is 1.66. The van der Waals surface area contributed by atoms with Crippen LogP contribution in [0.15, 0.2) is 24.3 Å². The van der Waals surface area contributed by atoms with Crippen molar-refractivity contribution in [2.75, 3.05) is 0 Å².